The Balaban J connectivity index is 2.05. The first-order valence-electron chi connectivity index (χ1n) is 7.22. The minimum absolute atomic E-state index is 0.172. The molecule has 1 aliphatic heterocycles. The van der Waals surface area contributed by atoms with E-state index in [0.717, 1.165) is 19.5 Å². The van der Waals surface area contributed by atoms with Crippen molar-refractivity contribution in [1.82, 2.24) is 10.2 Å². The zero-order valence-corrected chi connectivity index (χ0v) is 12.6. The smallest absolute Gasteiger partial charge is 0.410 e. The van der Waals surface area contributed by atoms with Gasteiger partial charge in [0.1, 0.15) is 5.60 Å². The normalized spacial score (nSPS) is 20.4. The van der Waals surface area contributed by atoms with Crippen molar-refractivity contribution in [1.29, 1.82) is 0 Å². The summed E-state index contributed by atoms with van der Waals surface area (Å²) in [6, 6.07) is 10.4. The Morgan fingerprint density at radius 1 is 1.30 bits per heavy atom. The van der Waals surface area contributed by atoms with E-state index in [1.54, 1.807) is 0 Å². The van der Waals surface area contributed by atoms with E-state index >= 15 is 0 Å². The van der Waals surface area contributed by atoms with Gasteiger partial charge in [-0.15, -0.1) is 0 Å². The summed E-state index contributed by atoms with van der Waals surface area (Å²) in [6.45, 7) is 8.00. The number of amides is 1. The lowest BCUT2D eigenvalue weighted by Crippen LogP contribution is -2.39. The highest BCUT2D eigenvalue weighted by molar-refractivity contribution is 5.68. The average Bonchev–Trinajstić information content (AvgIpc) is 2.63. The van der Waals surface area contributed by atoms with Gasteiger partial charge in [-0.2, -0.15) is 0 Å². The molecule has 0 spiro atoms. The van der Waals surface area contributed by atoms with Crippen LogP contribution in [-0.2, 0) is 4.74 Å². The second-order valence-corrected chi connectivity index (χ2v) is 6.20. The highest BCUT2D eigenvalue weighted by Crippen LogP contribution is 2.19. The van der Waals surface area contributed by atoms with E-state index in [4.69, 9.17) is 4.74 Å². The molecule has 1 amide bonds. The third kappa shape index (κ3) is 4.23. The Kier molecular flexibility index (Phi) is 4.65. The van der Waals surface area contributed by atoms with Gasteiger partial charge in [0.2, 0.25) is 0 Å². The van der Waals surface area contributed by atoms with Crippen molar-refractivity contribution in [2.24, 2.45) is 0 Å². The molecule has 110 valence electrons. The first kappa shape index (κ1) is 14.9. The van der Waals surface area contributed by atoms with Crippen LogP contribution in [0.5, 0.6) is 0 Å². The second kappa shape index (κ2) is 6.27. The summed E-state index contributed by atoms with van der Waals surface area (Å²) in [5.41, 5.74) is 0.766. The molecule has 1 unspecified atom stereocenters. The van der Waals surface area contributed by atoms with Gasteiger partial charge in [0.05, 0.1) is 6.04 Å². The summed E-state index contributed by atoms with van der Waals surface area (Å²) in [5, 5.41) is 3.50. The van der Waals surface area contributed by atoms with Gasteiger partial charge in [-0.3, -0.25) is 0 Å². The van der Waals surface area contributed by atoms with Crippen LogP contribution in [-0.4, -0.2) is 36.2 Å². The molecule has 0 aromatic heterocycles. The van der Waals surface area contributed by atoms with Gasteiger partial charge in [0, 0.05) is 13.1 Å². The molecule has 1 N–H and O–H groups in total. The number of carbonyl (C=O) groups excluding carboxylic acids is 1. The summed E-state index contributed by atoms with van der Waals surface area (Å²) in [4.78, 5) is 14.0. The third-order valence-corrected chi connectivity index (χ3v) is 3.25. The summed E-state index contributed by atoms with van der Waals surface area (Å²) in [6.07, 6.45) is 0.727. The van der Waals surface area contributed by atoms with Crippen molar-refractivity contribution in [3.63, 3.8) is 0 Å². The zero-order valence-electron chi connectivity index (χ0n) is 12.6. The van der Waals surface area contributed by atoms with Crippen LogP contribution >= 0.6 is 0 Å². The van der Waals surface area contributed by atoms with Gasteiger partial charge in [-0.05, 0) is 39.3 Å². The van der Waals surface area contributed by atoms with Crippen LogP contribution in [0, 0.1) is 0 Å². The molecular weight excluding hydrogens is 252 g/mol. The fraction of sp³-hybridized carbons (Fsp3) is 0.562. The Morgan fingerprint density at radius 3 is 2.65 bits per heavy atom. The Morgan fingerprint density at radius 2 is 2.00 bits per heavy atom. The van der Waals surface area contributed by atoms with Crippen LogP contribution in [0.4, 0.5) is 4.79 Å². The van der Waals surface area contributed by atoms with Crippen LogP contribution in [0.2, 0.25) is 0 Å². The number of rotatable bonds is 1. The molecule has 0 aliphatic carbocycles. The number of benzene rings is 1. The first-order chi connectivity index (χ1) is 9.46. The summed E-state index contributed by atoms with van der Waals surface area (Å²) in [5.74, 6) is 0. The Bertz CT molecular complexity index is 440. The van der Waals surface area contributed by atoms with Crippen LogP contribution in [0.25, 0.3) is 0 Å². The van der Waals surface area contributed by atoms with Crippen LogP contribution in [0.3, 0.4) is 0 Å². The Labute approximate surface area is 121 Å². The molecule has 4 nitrogen and oxygen atoms in total. The lowest BCUT2D eigenvalue weighted by molar-refractivity contribution is 0.0247. The van der Waals surface area contributed by atoms with Crippen molar-refractivity contribution in [3.8, 4) is 0 Å². The van der Waals surface area contributed by atoms with Crippen molar-refractivity contribution < 1.29 is 9.53 Å². The molecule has 0 radical (unpaired) electrons. The molecule has 1 aromatic carbocycles. The lowest BCUT2D eigenvalue weighted by atomic mass is 10.1. The lowest BCUT2D eigenvalue weighted by Gasteiger charge is -2.28. The molecule has 4 heteroatoms. The van der Waals surface area contributed by atoms with Gasteiger partial charge in [-0.25, -0.2) is 4.79 Å². The molecule has 1 aliphatic rings. The number of ether oxygens (including phenoxy) is 1. The molecule has 1 heterocycles. The van der Waals surface area contributed by atoms with Gasteiger partial charge in [0.25, 0.3) is 0 Å². The molecular formula is C16H24N2O2. The molecule has 0 bridgehead atoms. The van der Waals surface area contributed by atoms with Crippen LogP contribution in [0.15, 0.2) is 30.3 Å². The maximum atomic E-state index is 12.2. The molecule has 2 rings (SSSR count). The second-order valence-electron chi connectivity index (χ2n) is 6.20. The first-order valence-corrected chi connectivity index (χ1v) is 7.22. The monoisotopic (exact) mass is 276 g/mol. The van der Waals surface area contributed by atoms with Crippen molar-refractivity contribution >= 4 is 6.09 Å². The van der Waals surface area contributed by atoms with Gasteiger partial charge in [-0.1, -0.05) is 30.3 Å². The summed E-state index contributed by atoms with van der Waals surface area (Å²) in [7, 11) is 0. The largest absolute Gasteiger partial charge is 0.444 e. The number of carbonyl (C=O) groups is 1. The molecule has 1 atom stereocenters. The summed E-state index contributed by atoms with van der Waals surface area (Å²) >= 11 is 0. The minimum atomic E-state index is -0.445. The van der Waals surface area contributed by atoms with Crippen molar-refractivity contribution in [2.75, 3.05) is 19.6 Å². The summed E-state index contributed by atoms with van der Waals surface area (Å²) < 4.78 is 5.48. The quantitative estimate of drug-likeness (QED) is 0.857. The molecule has 0 saturated carbocycles. The average molecular weight is 276 g/mol. The number of hydrogen-bond donors (Lipinski definition) is 1. The maximum absolute atomic E-state index is 12.2. The number of hydrogen-bond acceptors (Lipinski definition) is 3. The van der Waals surface area contributed by atoms with Crippen molar-refractivity contribution in [2.45, 2.75) is 38.8 Å². The maximum Gasteiger partial charge on any atom is 0.410 e. The van der Waals surface area contributed by atoms with E-state index in [2.05, 4.69) is 17.4 Å². The van der Waals surface area contributed by atoms with E-state index < -0.39 is 5.60 Å². The van der Waals surface area contributed by atoms with Gasteiger partial charge < -0.3 is 15.0 Å². The van der Waals surface area contributed by atoms with Gasteiger partial charge >= 0.3 is 6.09 Å². The fourth-order valence-corrected chi connectivity index (χ4v) is 2.32. The predicted molar refractivity (Wildman–Crippen MR) is 79.6 cm³/mol. The minimum Gasteiger partial charge on any atom is -0.444 e. The van der Waals surface area contributed by atoms with E-state index in [9.17, 15) is 4.79 Å². The van der Waals surface area contributed by atoms with Crippen molar-refractivity contribution in [3.05, 3.63) is 35.9 Å². The zero-order chi connectivity index (χ0) is 14.6. The van der Waals surface area contributed by atoms with E-state index in [1.807, 2.05) is 43.9 Å². The van der Waals surface area contributed by atoms with E-state index in [-0.39, 0.29) is 12.1 Å². The topological polar surface area (TPSA) is 41.6 Å². The fourth-order valence-electron chi connectivity index (χ4n) is 2.32. The van der Waals surface area contributed by atoms with Crippen LogP contribution in [0.1, 0.15) is 38.8 Å². The molecule has 20 heavy (non-hydrogen) atoms. The number of nitrogens with zero attached hydrogens (tertiary/aromatic N) is 1. The molecule has 1 fully saturated rings. The Hall–Kier alpha value is -1.55. The number of nitrogens with one attached hydrogen (secondary N) is 1. The molecule has 1 aromatic rings. The highest BCUT2D eigenvalue weighted by Gasteiger charge is 2.26. The predicted octanol–water partition coefficient (Wildman–Crippen LogP) is 2.96. The van der Waals surface area contributed by atoms with Gasteiger partial charge in [0.15, 0.2) is 0 Å². The molecule has 1 saturated heterocycles. The third-order valence-electron chi connectivity index (χ3n) is 3.25. The standard InChI is InChI=1S/C16H24N2O2/c1-16(2,3)20-15(19)18-11-7-10-17-14(12-18)13-8-5-4-6-9-13/h4-6,8-9,14,17H,7,10-12H2,1-3H3. The van der Waals surface area contributed by atoms with E-state index in [1.165, 1.54) is 5.56 Å². The van der Waals surface area contributed by atoms with Crippen LogP contribution < -0.4 is 5.32 Å². The SMILES string of the molecule is CC(C)(C)OC(=O)N1CCCNC(c2ccccc2)C1. The highest BCUT2D eigenvalue weighted by atomic mass is 16.6. The van der Waals surface area contributed by atoms with E-state index in [0.29, 0.717) is 6.54 Å².